The van der Waals surface area contributed by atoms with Gasteiger partial charge < -0.3 is 9.47 Å². The van der Waals surface area contributed by atoms with Crippen LogP contribution in [-0.2, 0) is 34.5 Å². The van der Waals surface area contributed by atoms with Crippen LogP contribution in [0.1, 0.15) is 16.7 Å². The van der Waals surface area contributed by atoms with Crippen LogP contribution in [-0.4, -0.2) is 41.1 Å². The largest absolute Gasteiger partial charge is 0.468 e. The van der Waals surface area contributed by atoms with Crippen LogP contribution in [0, 0.1) is 19.8 Å². The lowest BCUT2D eigenvalue weighted by molar-refractivity contribution is -0.164. The summed E-state index contributed by atoms with van der Waals surface area (Å²) in [5.41, 5.74) is 0.253. The molecule has 1 aliphatic rings. The molecule has 1 aliphatic heterocycles. The molecular weight excluding hydrogens is 418 g/mol. The number of nitrogens with zero attached hydrogens (tertiary/aromatic N) is 1. The molecule has 0 aromatic heterocycles. The molecule has 1 heterocycles. The molecule has 2 aromatic carbocycles. The van der Waals surface area contributed by atoms with Crippen LogP contribution in [0.5, 0.6) is 0 Å². The molecule has 0 amide bonds. The third kappa shape index (κ3) is 3.40. The summed E-state index contributed by atoms with van der Waals surface area (Å²) in [6, 6.07) is 11.4. The minimum atomic E-state index is -3.99. The molecule has 0 bridgehead atoms. The summed E-state index contributed by atoms with van der Waals surface area (Å²) in [5.74, 6) is -2.58. The number of hydrogen-bond acceptors (Lipinski definition) is 6. The lowest BCUT2D eigenvalue weighted by atomic mass is 9.67. The predicted molar refractivity (Wildman–Crippen MR) is 116 cm³/mol. The number of carbonyl (C=O) groups excluding carboxylic acids is 2. The van der Waals surface area contributed by atoms with Gasteiger partial charge in [-0.05, 0) is 37.6 Å². The van der Waals surface area contributed by atoms with Crippen molar-refractivity contribution in [3.05, 3.63) is 71.8 Å². The summed E-state index contributed by atoms with van der Waals surface area (Å²) < 4.78 is 38.4. The number of benzene rings is 2. The molecule has 7 nitrogen and oxygen atoms in total. The van der Waals surface area contributed by atoms with Crippen molar-refractivity contribution in [2.45, 2.75) is 24.2 Å². The molecule has 0 spiro atoms. The number of aryl methyl sites for hydroxylation is 2. The van der Waals surface area contributed by atoms with Gasteiger partial charge in [-0.2, -0.15) is 0 Å². The van der Waals surface area contributed by atoms with Crippen LogP contribution in [0.4, 0.5) is 5.69 Å². The lowest BCUT2D eigenvalue weighted by Gasteiger charge is -2.44. The zero-order valence-corrected chi connectivity index (χ0v) is 18.7. The van der Waals surface area contributed by atoms with Crippen molar-refractivity contribution < 1.29 is 27.5 Å². The molecule has 0 saturated carbocycles. The second-order valence-corrected chi connectivity index (χ2v) is 9.37. The summed E-state index contributed by atoms with van der Waals surface area (Å²) in [6.45, 7) is 7.25. The van der Waals surface area contributed by atoms with Gasteiger partial charge in [0.05, 0.1) is 24.8 Å². The molecule has 0 radical (unpaired) electrons. The fraction of sp³-hybridized carbons (Fsp3) is 0.304. The molecular formula is C23H25NO6S. The molecule has 1 unspecified atom stereocenters. The van der Waals surface area contributed by atoms with Gasteiger partial charge in [-0.3, -0.25) is 13.9 Å². The first-order chi connectivity index (χ1) is 14.6. The topological polar surface area (TPSA) is 90.0 Å². The van der Waals surface area contributed by atoms with Crippen molar-refractivity contribution in [2.24, 2.45) is 5.92 Å². The number of sulfonamides is 1. The monoisotopic (exact) mass is 443 g/mol. The van der Waals surface area contributed by atoms with Gasteiger partial charge in [-0.15, -0.1) is 6.58 Å². The molecule has 0 aliphatic carbocycles. The van der Waals surface area contributed by atoms with Crippen LogP contribution in [0.2, 0.25) is 0 Å². The Balaban J connectivity index is 2.34. The van der Waals surface area contributed by atoms with Gasteiger partial charge in [0, 0.05) is 18.0 Å². The van der Waals surface area contributed by atoms with Gasteiger partial charge in [0.2, 0.25) is 0 Å². The quantitative estimate of drug-likeness (QED) is 0.401. The van der Waals surface area contributed by atoms with E-state index in [0.29, 0.717) is 0 Å². The molecule has 0 saturated heterocycles. The van der Waals surface area contributed by atoms with E-state index in [-0.39, 0.29) is 22.7 Å². The number of fused-ring (bicyclic) bond motifs is 1. The maximum atomic E-state index is 13.6. The van der Waals surface area contributed by atoms with Crippen LogP contribution >= 0.6 is 0 Å². The van der Waals surface area contributed by atoms with E-state index in [0.717, 1.165) is 11.1 Å². The van der Waals surface area contributed by atoms with Crippen LogP contribution in [0.3, 0.4) is 0 Å². The number of methoxy groups -OCH3 is 2. The average Bonchev–Trinajstić information content (AvgIpc) is 2.76. The van der Waals surface area contributed by atoms with E-state index in [4.69, 9.17) is 9.47 Å². The first-order valence-corrected chi connectivity index (χ1v) is 11.1. The standard InChI is InChI=1S/C23H25NO6S/c1-6-17-14-24(31(27,28)18-10-7-15(2)8-11-18)20-13-16(3)9-12-19(20)23(17,21(25)29-4)22(26)30-5/h6-13,17H,1,14H2,2-5H3. The summed E-state index contributed by atoms with van der Waals surface area (Å²) in [7, 11) is -1.63. The van der Waals surface area contributed by atoms with Gasteiger partial charge in [0.1, 0.15) is 0 Å². The smallest absolute Gasteiger partial charge is 0.328 e. The van der Waals surface area contributed by atoms with Crippen LogP contribution in [0.25, 0.3) is 0 Å². The minimum Gasteiger partial charge on any atom is -0.468 e. The Morgan fingerprint density at radius 2 is 1.58 bits per heavy atom. The Morgan fingerprint density at radius 3 is 2.10 bits per heavy atom. The van der Waals surface area contributed by atoms with E-state index >= 15 is 0 Å². The Morgan fingerprint density at radius 1 is 1.03 bits per heavy atom. The Bertz CT molecular complexity index is 1120. The molecule has 0 fully saturated rings. The van der Waals surface area contributed by atoms with E-state index in [1.165, 1.54) is 36.7 Å². The summed E-state index contributed by atoms with van der Waals surface area (Å²) in [5, 5.41) is 0. The number of anilines is 1. The Kier molecular flexibility index (Phi) is 5.96. The third-order valence-corrected chi connectivity index (χ3v) is 7.47. The molecule has 31 heavy (non-hydrogen) atoms. The molecule has 0 N–H and O–H groups in total. The van der Waals surface area contributed by atoms with E-state index in [1.54, 1.807) is 37.3 Å². The van der Waals surface area contributed by atoms with Crippen molar-refractivity contribution >= 4 is 27.6 Å². The zero-order chi connectivity index (χ0) is 23.0. The lowest BCUT2D eigenvalue weighted by Crippen LogP contribution is -2.58. The highest BCUT2D eigenvalue weighted by molar-refractivity contribution is 7.92. The fourth-order valence-electron chi connectivity index (χ4n) is 4.04. The third-order valence-electron chi connectivity index (χ3n) is 5.67. The minimum absolute atomic E-state index is 0.108. The maximum Gasteiger partial charge on any atom is 0.328 e. The molecule has 164 valence electrons. The maximum absolute atomic E-state index is 13.6. The first kappa shape index (κ1) is 22.6. The van der Waals surface area contributed by atoms with Crippen LogP contribution in [0.15, 0.2) is 60.0 Å². The summed E-state index contributed by atoms with van der Waals surface area (Å²) >= 11 is 0. The van der Waals surface area contributed by atoms with E-state index in [2.05, 4.69) is 6.58 Å². The van der Waals surface area contributed by atoms with Crippen molar-refractivity contribution in [1.29, 1.82) is 0 Å². The van der Waals surface area contributed by atoms with Crippen molar-refractivity contribution in [3.8, 4) is 0 Å². The fourth-order valence-corrected chi connectivity index (χ4v) is 5.54. The second kappa shape index (κ2) is 8.19. The summed E-state index contributed by atoms with van der Waals surface area (Å²) in [4.78, 5) is 26.2. The SMILES string of the molecule is C=CC1CN(S(=O)(=O)c2ccc(C)cc2)c2cc(C)ccc2C1(C(=O)OC)C(=O)OC. The van der Waals surface area contributed by atoms with Gasteiger partial charge in [0.25, 0.3) is 10.0 Å². The van der Waals surface area contributed by atoms with Crippen molar-refractivity contribution in [3.63, 3.8) is 0 Å². The van der Waals surface area contributed by atoms with E-state index in [9.17, 15) is 18.0 Å². The van der Waals surface area contributed by atoms with Crippen molar-refractivity contribution in [2.75, 3.05) is 25.1 Å². The number of carbonyl (C=O) groups is 2. The highest BCUT2D eigenvalue weighted by atomic mass is 32.2. The number of rotatable bonds is 5. The molecule has 3 rings (SSSR count). The van der Waals surface area contributed by atoms with E-state index in [1.807, 2.05) is 6.92 Å². The van der Waals surface area contributed by atoms with Gasteiger partial charge in [0.15, 0.2) is 5.41 Å². The summed E-state index contributed by atoms with van der Waals surface area (Å²) in [6.07, 6.45) is 1.40. The van der Waals surface area contributed by atoms with Crippen LogP contribution < -0.4 is 4.31 Å². The Labute approximate surface area is 182 Å². The number of esters is 2. The second-order valence-electron chi connectivity index (χ2n) is 7.50. The Hall–Kier alpha value is -3.13. The number of ether oxygens (including phenoxy) is 2. The van der Waals surface area contributed by atoms with Gasteiger partial charge in [-0.1, -0.05) is 35.9 Å². The number of hydrogen-bond donors (Lipinski definition) is 0. The highest BCUT2D eigenvalue weighted by Gasteiger charge is 2.60. The van der Waals surface area contributed by atoms with E-state index < -0.39 is 33.3 Å². The first-order valence-electron chi connectivity index (χ1n) is 9.64. The van der Waals surface area contributed by atoms with Crippen molar-refractivity contribution in [1.82, 2.24) is 0 Å². The highest BCUT2D eigenvalue weighted by Crippen LogP contribution is 2.47. The molecule has 2 aromatic rings. The van der Waals surface area contributed by atoms with Gasteiger partial charge in [-0.25, -0.2) is 8.42 Å². The molecule has 8 heteroatoms. The van der Waals surface area contributed by atoms with Gasteiger partial charge >= 0.3 is 11.9 Å². The normalized spacial score (nSPS) is 17.4. The average molecular weight is 444 g/mol. The zero-order valence-electron chi connectivity index (χ0n) is 17.9. The predicted octanol–water partition coefficient (Wildman–Crippen LogP) is 2.90. The molecule has 1 atom stereocenters.